The van der Waals surface area contributed by atoms with Crippen LogP contribution in [0.2, 0.25) is 0 Å². The van der Waals surface area contributed by atoms with Gasteiger partial charge < -0.3 is 4.74 Å². The molecule has 0 fully saturated rings. The van der Waals surface area contributed by atoms with Crippen LogP contribution in [0.3, 0.4) is 0 Å². The molecule has 1 aromatic rings. The van der Waals surface area contributed by atoms with E-state index in [0.717, 1.165) is 15.5 Å². The normalized spacial score (nSPS) is 11.2. The van der Waals surface area contributed by atoms with Crippen molar-refractivity contribution in [2.75, 3.05) is 6.61 Å². The van der Waals surface area contributed by atoms with Crippen LogP contribution in [0.5, 0.6) is 5.75 Å². The minimum Gasteiger partial charge on any atom is -0.494 e. The Labute approximate surface area is 117 Å². The van der Waals surface area contributed by atoms with Crippen LogP contribution >= 0.6 is 24.0 Å². The molecule has 0 saturated carbocycles. The monoisotopic (exact) mass is 280 g/mol. The van der Waals surface area contributed by atoms with Crippen LogP contribution in [0, 0.1) is 0 Å². The van der Waals surface area contributed by atoms with Gasteiger partial charge in [0.15, 0.2) is 5.78 Å². The maximum atomic E-state index is 11.5. The van der Waals surface area contributed by atoms with Crippen molar-refractivity contribution in [1.82, 2.24) is 0 Å². The molecule has 0 aliphatic rings. The minimum absolute atomic E-state index is 0.0260. The largest absolute Gasteiger partial charge is 0.494 e. The summed E-state index contributed by atoms with van der Waals surface area (Å²) >= 11 is 6.34. The highest BCUT2D eigenvalue weighted by Crippen LogP contribution is 2.23. The van der Waals surface area contributed by atoms with Gasteiger partial charge in [-0.15, -0.1) is 0 Å². The standard InChI is InChI=1S/C14H16O2S2/c1-4-16-13-7-5-12(6-8-13)9-14(10(2)15)18-11(3)17/h5-9H,4H2,1-3H3/b14-9-. The van der Waals surface area contributed by atoms with Crippen LogP contribution in [0.4, 0.5) is 0 Å². The number of rotatable bonds is 5. The van der Waals surface area contributed by atoms with E-state index in [-0.39, 0.29) is 5.78 Å². The SMILES string of the molecule is CCOc1ccc(/C=C(\SC(C)=S)C(C)=O)cc1. The molecule has 2 nitrogen and oxygen atoms in total. The zero-order chi connectivity index (χ0) is 13.5. The van der Waals surface area contributed by atoms with Gasteiger partial charge in [0.25, 0.3) is 0 Å². The molecule has 96 valence electrons. The Balaban J connectivity index is 2.90. The molecule has 18 heavy (non-hydrogen) atoms. The van der Waals surface area contributed by atoms with Gasteiger partial charge in [0.2, 0.25) is 0 Å². The first-order valence-electron chi connectivity index (χ1n) is 5.67. The molecule has 0 radical (unpaired) electrons. The number of hydrogen-bond donors (Lipinski definition) is 0. The van der Waals surface area contributed by atoms with E-state index in [0.29, 0.717) is 11.5 Å². The molecule has 0 saturated heterocycles. The second-order valence-electron chi connectivity index (χ2n) is 3.66. The Bertz CT molecular complexity index is 461. The molecular formula is C14H16O2S2. The van der Waals surface area contributed by atoms with Crippen molar-refractivity contribution in [2.24, 2.45) is 0 Å². The number of ether oxygens (including phenoxy) is 1. The highest BCUT2D eigenvalue weighted by atomic mass is 32.2. The molecule has 0 spiro atoms. The molecule has 4 heteroatoms. The predicted molar refractivity (Wildman–Crippen MR) is 82.1 cm³/mol. The van der Waals surface area contributed by atoms with Gasteiger partial charge in [0.1, 0.15) is 5.75 Å². The fraction of sp³-hybridized carbons (Fsp3) is 0.286. The van der Waals surface area contributed by atoms with Gasteiger partial charge in [-0.3, -0.25) is 4.79 Å². The van der Waals surface area contributed by atoms with Gasteiger partial charge in [-0.2, -0.15) is 0 Å². The average molecular weight is 280 g/mol. The number of allylic oxidation sites excluding steroid dienone is 1. The minimum atomic E-state index is 0.0260. The van der Waals surface area contributed by atoms with Crippen molar-refractivity contribution in [3.8, 4) is 5.75 Å². The highest BCUT2D eigenvalue weighted by Gasteiger charge is 2.06. The third-order valence-electron chi connectivity index (χ3n) is 2.09. The summed E-state index contributed by atoms with van der Waals surface area (Å²) in [6.07, 6.45) is 1.85. The van der Waals surface area contributed by atoms with Crippen LogP contribution in [0.25, 0.3) is 6.08 Å². The fourth-order valence-corrected chi connectivity index (χ4v) is 2.25. The number of ketones is 1. The van der Waals surface area contributed by atoms with Crippen LogP contribution < -0.4 is 4.74 Å². The lowest BCUT2D eigenvalue weighted by Crippen LogP contribution is -1.95. The van der Waals surface area contributed by atoms with Gasteiger partial charge in [-0.05, 0) is 44.5 Å². The molecule has 0 N–H and O–H groups in total. The van der Waals surface area contributed by atoms with E-state index < -0.39 is 0 Å². The van der Waals surface area contributed by atoms with E-state index in [1.54, 1.807) is 6.92 Å². The third kappa shape index (κ3) is 5.02. The van der Waals surface area contributed by atoms with Crippen LogP contribution in [0.15, 0.2) is 29.2 Å². The van der Waals surface area contributed by atoms with Crippen molar-refractivity contribution in [2.45, 2.75) is 20.8 Å². The summed E-state index contributed by atoms with van der Waals surface area (Å²) in [6.45, 7) is 5.95. The average Bonchev–Trinajstić information content (AvgIpc) is 2.30. The molecule has 0 amide bonds. The van der Waals surface area contributed by atoms with Crippen molar-refractivity contribution in [3.63, 3.8) is 0 Å². The van der Waals surface area contributed by atoms with E-state index in [9.17, 15) is 4.79 Å². The molecule has 0 atom stereocenters. The highest BCUT2D eigenvalue weighted by molar-refractivity contribution is 8.26. The summed E-state index contributed by atoms with van der Waals surface area (Å²) in [6, 6.07) is 7.63. The van der Waals surface area contributed by atoms with E-state index >= 15 is 0 Å². The predicted octanol–water partition coefficient (Wildman–Crippen LogP) is 4.10. The lowest BCUT2D eigenvalue weighted by Gasteiger charge is -2.04. The Morgan fingerprint density at radius 3 is 2.39 bits per heavy atom. The molecule has 1 aromatic carbocycles. The zero-order valence-corrected chi connectivity index (χ0v) is 12.4. The molecule has 0 aliphatic heterocycles. The topological polar surface area (TPSA) is 26.3 Å². The summed E-state index contributed by atoms with van der Waals surface area (Å²) in [5.41, 5.74) is 0.965. The molecule has 0 bridgehead atoms. The van der Waals surface area contributed by atoms with Crippen molar-refractivity contribution < 1.29 is 9.53 Å². The summed E-state index contributed by atoms with van der Waals surface area (Å²) < 4.78 is 6.10. The first-order chi connectivity index (χ1) is 8.52. The number of carbonyl (C=O) groups excluding carboxylic acids is 1. The fourth-order valence-electron chi connectivity index (χ4n) is 1.34. The van der Waals surface area contributed by atoms with Gasteiger partial charge >= 0.3 is 0 Å². The first-order valence-corrected chi connectivity index (χ1v) is 6.89. The number of hydrogen-bond acceptors (Lipinski definition) is 4. The van der Waals surface area contributed by atoms with Crippen LogP contribution in [-0.2, 0) is 4.79 Å². The Hall–Kier alpha value is -1.13. The Kier molecular flexibility index (Phi) is 6.09. The number of Topliss-reactive ketones (excluding diaryl/α,β-unsaturated/α-hetero) is 1. The lowest BCUT2D eigenvalue weighted by atomic mass is 10.2. The number of thioether (sulfide) groups is 1. The van der Waals surface area contributed by atoms with Crippen LogP contribution in [0.1, 0.15) is 26.3 Å². The van der Waals surface area contributed by atoms with E-state index in [4.69, 9.17) is 17.0 Å². The van der Waals surface area contributed by atoms with Gasteiger partial charge in [0, 0.05) is 4.20 Å². The Morgan fingerprint density at radius 2 is 1.94 bits per heavy atom. The Morgan fingerprint density at radius 1 is 1.33 bits per heavy atom. The third-order valence-corrected chi connectivity index (χ3v) is 3.25. The quantitative estimate of drug-likeness (QED) is 0.599. The molecule has 0 aromatic heterocycles. The van der Waals surface area contributed by atoms with Crippen LogP contribution in [-0.4, -0.2) is 16.6 Å². The summed E-state index contributed by atoms with van der Waals surface area (Å²) in [4.78, 5) is 12.1. The first kappa shape index (κ1) is 14.9. The molecule has 1 rings (SSSR count). The van der Waals surface area contributed by atoms with Crippen molar-refractivity contribution in [1.29, 1.82) is 0 Å². The lowest BCUT2D eigenvalue weighted by molar-refractivity contribution is -0.112. The zero-order valence-electron chi connectivity index (χ0n) is 10.7. The summed E-state index contributed by atoms with van der Waals surface area (Å²) in [5.74, 6) is 0.857. The smallest absolute Gasteiger partial charge is 0.166 e. The number of benzene rings is 1. The van der Waals surface area contributed by atoms with E-state index in [2.05, 4.69) is 0 Å². The molecule has 0 aliphatic carbocycles. The maximum Gasteiger partial charge on any atom is 0.166 e. The number of thiocarbonyl (C=S) groups is 1. The van der Waals surface area contributed by atoms with E-state index in [1.165, 1.54) is 11.8 Å². The summed E-state index contributed by atoms with van der Waals surface area (Å²) in [5, 5.41) is 0. The van der Waals surface area contributed by atoms with Crippen molar-refractivity contribution in [3.05, 3.63) is 34.7 Å². The van der Waals surface area contributed by atoms with Gasteiger partial charge in [-0.25, -0.2) is 0 Å². The molecular weight excluding hydrogens is 264 g/mol. The van der Waals surface area contributed by atoms with Crippen molar-refractivity contribution >= 4 is 40.0 Å². The maximum absolute atomic E-state index is 11.5. The van der Waals surface area contributed by atoms with Gasteiger partial charge in [-0.1, -0.05) is 36.1 Å². The second kappa shape index (κ2) is 7.34. The summed E-state index contributed by atoms with van der Waals surface area (Å²) in [7, 11) is 0. The molecule has 0 unspecified atom stereocenters. The number of carbonyl (C=O) groups is 1. The van der Waals surface area contributed by atoms with Gasteiger partial charge in [0.05, 0.1) is 11.5 Å². The molecule has 0 heterocycles. The second-order valence-corrected chi connectivity index (χ2v) is 5.79. The van der Waals surface area contributed by atoms with E-state index in [1.807, 2.05) is 44.2 Å².